The van der Waals surface area contributed by atoms with Gasteiger partial charge in [-0.15, -0.1) is 0 Å². The van der Waals surface area contributed by atoms with Gasteiger partial charge in [0.05, 0.1) is 16.8 Å². The minimum Gasteiger partial charge on any atom is -0.290 e. The molecule has 4 fully saturated rings. The number of benzene rings is 1. The molecule has 6 rings (SSSR count). The normalized spacial score (nSPS) is 33.8. The Labute approximate surface area is 141 Å². The Balaban J connectivity index is 1.66. The summed E-state index contributed by atoms with van der Waals surface area (Å²) in [5, 5.41) is 1.00. The van der Waals surface area contributed by atoms with E-state index in [1.54, 1.807) is 0 Å². The van der Waals surface area contributed by atoms with E-state index in [9.17, 15) is 4.79 Å². The van der Waals surface area contributed by atoms with Crippen molar-refractivity contribution in [2.75, 3.05) is 0 Å². The maximum Gasteiger partial charge on any atom is 0.267 e. The second kappa shape index (κ2) is 5.28. The van der Waals surface area contributed by atoms with Crippen LogP contribution in [0.25, 0.3) is 10.9 Å². The lowest BCUT2D eigenvalue weighted by Crippen LogP contribution is -2.45. The predicted molar refractivity (Wildman–Crippen MR) is 93.2 cm³/mol. The van der Waals surface area contributed by atoms with Gasteiger partial charge in [-0.2, -0.15) is 0 Å². The van der Waals surface area contributed by atoms with E-state index in [-0.39, 0.29) is 5.91 Å². The fourth-order valence-corrected chi connectivity index (χ4v) is 6.02. The number of amides is 1. The van der Waals surface area contributed by atoms with Gasteiger partial charge in [0, 0.05) is 11.3 Å². The number of nitrogens with two attached hydrogens (primary N) is 1. The summed E-state index contributed by atoms with van der Waals surface area (Å²) >= 11 is 0. The van der Waals surface area contributed by atoms with E-state index in [1.807, 2.05) is 30.3 Å². The number of pyridine rings is 1. The van der Waals surface area contributed by atoms with Gasteiger partial charge in [-0.1, -0.05) is 18.2 Å². The molecule has 4 aliphatic carbocycles. The average Bonchev–Trinajstić information content (AvgIpc) is 2.59. The summed E-state index contributed by atoms with van der Waals surface area (Å²) in [6, 6.07) is 10.0. The summed E-state index contributed by atoms with van der Waals surface area (Å²) in [6.45, 7) is 0. The van der Waals surface area contributed by atoms with Crippen LogP contribution in [-0.2, 0) is 0 Å². The van der Waals surface area contributed by atoms with Crippen LogP contribution in [0.5, 0.6) is 0 Å². The third kappa shape index (κ3) is 2.09. The Morgan fingerprint density at radius 1 is 1.04 bits per heavy atom. The number of para-hydroxylation sites is 1. The van der Waals surface area contributed by atoms with Crippen molar-refractivity contribution in [1.29, 1.82) is 0 Å². The second-order valence-corrected chi connectivity index (χ2v) is 8.04. The van der Waals surface area contributed by atoms with Crippen molar-refractivity contribution in [3.63, 3.8) is 0 Å². The van der Waals surface area contributed by atoms with Gasteiger partial charge in [0.2, 0.25) is 0 Å². The Morgan fingerprint density at radius 2 is 1.71 bits per heavy atom. The van der Waals surface area contributed by atoms with Crippen LogP contribution in [0.4, 0.5) is 0 Å². The van der Waals surface area contributed by atoms with Crippen LogP contribution in [0, 0.1) is 23.7 Å². The molecular weight excluding hydrogens is 298 g/mol. The summed E-state index contributed by atoms with van der Waals surface area (Å²) < 4.78 is 0. The van der Waals surface area contributed by atoms with Crippen molar-refractivity contribution in [3.8, 4) is 0 Å². The molecule has 4 aliphatic rings. The first-order valence-corrected chi connectivity index (χ1v) is 9.13. The van der Waals surface area contributed by atoms with Crippen molar-refractivity contribution in [2.45, 2.75) is 38.0 Å². The molecular formula is C20H23N3O. The van der Waals surface area contributed by atoms with Gasteiger partial charge in [-0.3, -0.25) is 15.2 Å². The van der Waals surface area contributed by atoms with Crippen molar-refractivity contribution < 1.29 is 4.79 Å². The molecule has 0 aliphatic heterocycles. The van der Waals surface area contributed by atoms with Crippen LogP contribution in [0.15, 0.2) is 30.3 Å². The molecule has 124 valence electrons. The summed E-state index contributed by atoms with van der Waals surface area (Å²) in [5.41, 5.74) is 4.98. The number of carbonyl (C=O) groups excluding carboxylic acids is 1. The first kappa shape index (κ1) is 14.4. The molecule has 1 amide bonds. The average molecular weight is 321 g/mol. The quantitative estimate of drug-likeness (QED) is 0.506. The van der Waals surface area contributed by atoms with Gasteiger partial charge in [0.15, 0.2) is 0 Å². The van der Waals surface area contributed by atoms with E-state index in [0.29, 0.717) is 23.3 Å². The molecule has 0 radical (unpaired) electrons. The molecule has 0 saturated heterocycles. The number of hydrogen-bond acceptors (Lipinski definition) is 3. The molecule has 1 aromatic carbocycles. The minimum absolute atomic E-state index is 0.211. The topological polar surface area (TPSA) is 68.0 Å². The van der Waals surface area contributed by atoms with E-state index >= 15 is 0 Å². The molecule has 24 heavy (non-hydrogen) atoms. The Hall–Kier alpha value is -1.94. The van der Waals surface area contributed by atoms with Crippen molar-refractivity contribution in [1.82, 2.24) is 10.4 Å². The molecule has 4 heteroatoms. The summed E-state index contributed by atoms with van der Waals surface area (Å²) in [5.74, 6) is 8.89. The van der Waals surface area contributed by atoms with Crippen molar-refractivity contribution >= 4 is 16.8 Å². The van der Waals surface area contributed by atoms with Gasteiger partial charge in [0.25, 0.3) is 5.91 Å². The number of nitrogens with zero attached hydrogens (tertiary/aromatic N) is 1. The van der Waals surface area contributed by atoms with E-state index < -0.39 is 0 Å². The molecule has 3 N–H and O–H groups in total. The van der Waals surface area contributed by atoms with E-state index in [4.69, 9.17) is 10.8 Å². The SMILES string of the molecule is NNC(=O)c1cc2ccccc2nc1C1C2CC3CC(C2)CC1C3. The van der Waals surface area contributed by atoms with Gasteiger partial charge >= 0.3 is 0 Å². The molecule has 4 nitrogen and oxygen atoms in total. The number of nitrogens with one attached hydrogen (secondary N) is 1. The van der Waals surface area contributed by atoms with Crippen LogP contribution in [-0.4, -0.2) is 10.9 Å². The molecule has 0 spiro atoms. The van der Waals surface area contributed by atoms with E-state index in [2.05, 4.69) is 5.43 Å². The fraction of sp³-hybridized carbons (Fsp3) is 0.500. The maximum atomic E-state index is 12.4. The lowest BCUT2D eigenvalue weighted by molar-refractivity contribution is -0.00428. The molecule has 0 atom stereocenters. The first-order chi connectivity index (χ1) is 11.7. The van der Waals surface area contributed by atoms with E-state index in [0.717, 1.165) is 28.4 Å². The maximum absolute atomic E-state index is 12.4. The van der Waals surface area contributed by atoms with Crippen molar-refractivity contribution in [2.24, 2.45) is 29.5 Å². The van der Waals surface area contributed by atoms with Crippen LogP contribution < -0.4 is 11.3 Å². The number of fused-ring (bicyclic) bond motifs is 1. The molecule has 4 saturated carbocycles. The molecule has 2 aromatic rings. The molecule has 1 aromatic heterocycles. The first-order valence-electron chi connectivity index (χ1n) is 9.13. The zero-order chi connectivity index (χ0) is 16.3. The van der Waals surface area contributed by atoms with Gasteiger partial charge < -0.3 is 0 Å². The lowest BCUT2D eigenvalue weighted by atomic mass is 9.51. The van der Waals surface area contributed by atoms with Crippen LogP contribution in [0.1, 0.15) is 54.1 Å². The molecule has 0 unspecified atom stereocenters. The van der Waals surface area contributed by atoms with Crippen LogP contribution in [0.2, 0.25) is 0 Å². The monoisotopic (exact) mass is 321 g/mol. The zero-order valence-electron chi connectivity index (χ0n) is 13.7. The number of aromatic nitrogens is 1. The lowest BCUT2D eigenvalue weighted by Gasteiger charge is -2.54. The highest BCUT2D eigenvalue weighted by molar-refractivity contribution is 5.98. The number of carbonyl (C=O) groups is 1. The largest absolute Gasteiger partial charge is 0.290 e. The zero-order valence-corrected chi connectivity index (χ0v) is 13.7. The summed E-state index contributed by atoms with van der Waals surface area (Å²) in [6.07, 6.45) is 6.69. The van der Waals surface area contributed by atoms with Crippen molar-refractivity contribution in [3.05, 3.63) is 41.6 Å². The minimum atomic E-state index is -0.211. The number of rotatable bonds is 2. The highest BCUT2D eigenvalue weighted by Crippen LogP contribution is 2.59. The van der Waals surface area contributed by atoms with Crippen LogP contribution in [0.3, 0.4) is 0 Å². The fourth-order valence-electron chi connectivity index (χ4n) is 6.02. The number of hydrazine groups is 1. The number of hydrogen-bond donors (Lipinski definition) is 2. The molecule has 4 bridgehead atoms. The predicted octanol–water partition coefficient (Wildman–Crippen LogP) is 3.38. The molecule has 1 heterocycles. The Bertz CT molecular complexity index is 788. The highest BCUT2D eigenvalue weighted by Gasteiger charge is 2.49. The van der Waals surface area contributed by atoms with Gasteiger partial charge in [0.1, 0.15) is 0 Å². The summed E-state index contributed by atoms with van der Waals surface area (Å²) in [4.78, 5) is 17.4. The Kier molecular flexibility index (Phi) is 3.17. The number of nitrogen functional groups attached to an aromatic ring is 1. The summed E-state index contributed by atoms with van der Waals surface area (Å²) in [7, 11) is 0. The van der Waals surface area contributed by atoms with Gasteiger partial charge in [-0.05, 0) is 67.9 Å². The third-order valence-corrected chi connectivity index (χ3v) is 6.67. The van der Waals surface area contributed by atoms with Crippen LogP contribution >= 0.6 is 0 Å². The van der Waals surface area contributed by atoms with Gasteiger partial charge in [-0.25, -0.2) is 5.84 Å². The van der Waals surface area contributed by atoms with E-state index in [1.165, 1.54) is 32.1 Å². The Morgan fingerprint density at radius 3 is 2.38 bits per heavy atom. The second-order valence-electron chi connectivity index (χ2n) is 8.04. The smallest absolute Gasteiger partial charge is 0.267 e. The standard InChI is InChI=1S/C20H23N3O/c21-23-20(24)16-10-13-3-1-2-4-17(13)22-19(16)18-14-6-11-5-12(8-14)9-15(18)7-11/h1-4,10-12,14-15,18H,5-9,21H2,(H,23,24). The highest BCUT2D eigenvalue weighted by atomic mass is 16.2. The third-order valence-electron chi connectivity index (χ3n) is 6.67.